The Bertz CT molecular complexity index is 387. The Hall–Kier alpha value is -1.36. The number of carbonyl (C=O) groups is 1. The monoisotopic (exact) mass is 223 g/mol. The summed E-state index contributed by atoms with van der Waals surface area (Å²) in [6.07, 6.45) is 1.72. The van der Waals surface area contributed by atoms with Crippen LogP contribution in [0.4, 0.5) is 0 Å². The van der Waals surface area contributed by atoms with Crippen molar-refractivity contribution in [1.82, 2.24) is 15.5 Å². The molecule has 0 spiro atoms. The van der Waals surface area contributed by atoms with Gasteiger partial charge in [-0.05, 0) is 13.3 Å². The van der Waals surface area contributed by atoms with Crippen molar-refractivity contribution in [3.63, 3.8) is 0 Å². The first kappa shape index (κ1) is 11.1. The summed E-state index contributed by atoms with van der Waals surface area (Å²) in [4.78, 5) is 11.9. The Morgan fingerprint density at radius 3 is 3.25 bits per heavy atom. The molecule has 0 bridgehead atoms. The zero-order valence-electron chi connectivity index (χ0n) is 9.67. The van der Waals surface area contributed by atoms with Gasteiger partial charge in [-0.15, -0.1) is 0 Å². The molecule has 1 atom stereocenters. The third-order valence-corrected chi connectivity index (χ3v) is 2.90. The highest BCUT2D eigenvalue weighted by atomic mass is 16.5. The van der Waals surface area contributed by atoms with E-state index < -0.39 is 0 Å². The van der Waals surface area contributed by atoms with Crippen LogP contribution in [0.15, 0.2) is 0 Å². The van der Waals surface area contributed by atoms with E-state index in [9.17, 15) is 4.79 Å². The van der Waals surface area contributed by atoms with Crippen molar-refractivity contribution in [3.8, 4) is 0 Å². The predicted molar refractivity (Wildman–Crippen MR) is 59.2 cm³/mol. The first-order chi connectivity index (χ1) is 7.72. The van der Waals surface area contributed by atoms with Crippen LogP contribution >= 0.6 is 0 Å². The van der Waals surface area contributed by atoms with E-state index in [0.29, 0.717) is 18.9 Å². The number of ether oxygens (including phenoxy) is 1. The Kier molecular flexibility index (Phi) is 3.24. The average Bonchev–Trinajstić information content (AvgIpc) is 2.72. The average molecular weight is 223 g/mol. The van der Waals surface area contributed by atoms with Gasteiger partial charge in [0.1, 0.15) is 0 Å². The van der Waals surface area contributed by atoms with E-state index in [4.69, 9.17) is 4.74 Å². The van der Waals surface area contributed by atoms with Crippen molar-refractivity contribution in [2.45, 2.75) is 39.3 Å². The Morgan fingerprint density at radius 2 is 2.50 bits per heavy atom. The molecule has 1 aromatic heterocycles. The number of nitrogens with zero attached hydrogens (tertiary/aromatic N) is 1. The molecule has 0 saturated carbocycles. The first-order valence-electron chi connectivity index (χ1n) is 5.67. The van der Waals surface area contributed by atoms with Crippen LogP contribution in [0, 0.1) is 0 Å². The third-order valence-electron chi connectivity index (χ3n) is 2.90. The first-order valence-corrected chi connectivity index (χ1v) is 5.67. The lowest BCUT2D eigenvalue weighted by Gasteiger charge is -2.14. The fraction of sp³-hybridized carbons (Fsp3) is 0.636. The van der Waals surface area contributed by atoms with Crippen LogP contribution in [0.3, 0.4) is 0 Å². The summed E-state index contributed by atoms with van der Waals surface area (Å²) in [6, 6.07) is 0.171. The van der Waals surface area contributed by atoms with Gasteiger partial charge >= 0.3 is 0 Å². The van der Waals surface area contributed by atoms with Crippen molar-refractivity contribution >= 4 is 5.91 Å². The Labute approximate surface area is 94.6 Å². The molecule has 1 aromatic rings. The fourth-order valence-corrected chi connectivity index (χ4v) is 1.69. The molecule has 0 aliphatic carbocycles. The highest BCUT2D eigenvalue weighted by molar-refractivity contribution is 5.94. The van der Waals surface area contributed by atoms with E-state index in [-0.39, 0.29) is 11.9 Å². The predicted octanol–water partition coefficient (Wildman–Crippen LogP) is 1.01. The van der Waals surface area contributed by atoms with Gasteiger partial charge in [0, 0.05) is 23.7 Å². The summed E-state index contributed by atoms with van der Waals surface area (Å²) in [5, 5.41) is 9.88. The molecule has 1 aliphatic heterocycles. The lowest BCUT2D eigenvalue weighted by atomic mass is 10.1. The van der Waals surface area contributed by atoms with Crippen molar-refractivity contribution in [2.24, 2.45) is 0 Å². The largest absolute Gasteiger partial charge is 0.376 e. The number of hydrogen-bond acceptors (Lipinski definition) is 3. The van der Waals surface area contributed by atoms with Gasteiger partial charge in [-0.2, -0.15) is 5.10 Å². The molecule has 2 heterocycles. The highest BCUT2D eigenvalue weighted by Crippen LogP contribution is 2.17. The van der Waals surface area contributed by atoms with Gasteiger partial charge in [0.2, 0.25) is 0 Å². The lowest BCUT2D eigenvalue weighted by Crippen LogP contribution is -2.33. The van der Waals surface area contributed by atoms with Gasteiger partial charge in [-0.25, -0.2) is 0 Å². The van der Waals surface area contributed by atoms with Crippen molar-refractivity contribution < 1.29 is 9.53 Å². The Morgan fingerprint density at radius 1 is 1.69 bits per heavy atom. The highest BCUT2D eigenvalue weighted by Gasteiger charge is 2.22. The lowest BCUT2D eigenvalue weighted by molar-refractivity contribution is 0.0912. The van der Waals surface area contributed by atoms with E-state index in [2.05, 4.69) is 15.5 Å². The molecule has 5 nitrogen and oxygen atoms in total. The second kappa shape index (κ2) is 4.65. The number of amides is 1. The third kappa shape index (κ3) is 2.09. The molecular weight excluding hydrogens is 206 g/mol. The molecular formula is C11H17N3O2. The van der Waals surface area contributed by atoms with Gasteiger partial charge < -0.3 is 10.1 Å². The molecule has 0 fully saturated rings. The number of rotatable bonds is 3. The van der Waals surface area contributed by atoms with Gasteiger partial charge in [-0.3, -0.25) is 9.89 Å². The van der Waals surface area contributed by atoms with Crippen LogP contribution in [-0.2, 0) is 17.8 Å². The van der Waals surface area contributed by atoms with Crippen LogP contribution < -0.4 is 5.32 Å². The zero-order valence-corrected chi connectivity index (χ0v) is 9.67. The number of hydrogen-bond donors (Lipinski definition) is 2. The minimum absolute atomic E-state index is 0.114. The Balaban J connectivity index is 2.14. The van der Waals surface area contributed by atoms with Crippen LogP contribution in [0.2, 0.25) is 0 Å². The summed E-state index contributed by atoms with van der Waals surface area (Å²) in [5.74, 6) is -0.114. The normalized spacial score (nSPS) is 16.6. The van der Waals surface area contributed by atoms with Crippen LogP contribution in [-0.4, -0.2) is 28.8 Å². The van der Waals surface area contributed by atoms with Crippen LogP contribution in [0.5, 0.6) is 0 Å². The maximum Gasteiger partial charge on any atom is 0.272 e. The fourth-order valence-electron chi connectivity index (χ4n) is 1.69. The van der Waals surface area contributed by atoms with Crippen LogP contribution in [0.25, 0.3) is 0 Å². The van der Waals surface area contributed by atoms with Gasteiger partial charge in [0.05, 0.1) is 13.2 Å². The van der Waals surface area contributed by atoms with E-state index in [1.807, 2.05) is 13.8 Å². The molecule has 0 radical (unpaired) electrons. The number of fused-ring (bicyclic) bond motifs is 1. The van der Waals surface area contributed by atoms with E-state index in [0.717, 1.165) is 24.1 Å². The minimum Gasteiger partial charge on any atom is -0.376 e. The van der Waals surface area contributed by atoms with Crippen molar-refractivity contribution in [1.29, 1.82) is 0 Å². The molecule has 0 saturated heterocycles. The molecule has 1 aliphatic rings. The maximum atomic E-state index is 11.9. The SMILES string of the molecule is CCC(C)NC(=O)c1n[nH]c2c1COCC2. The number of aromatic amines is 1. The molecule has 2 rings (SSSR count). The zero-order chi connectivity index (χ0) is 11.5. The summed E-state index contributed by atoms with van der Waals surface area (Å²) >= 11 is 0. The molecule has 5 heteroatoms. The van der Waals surface area contributed by atoms with Crippen molar-refractivity contribution in [2.75, 3.05) is 6.61 Å². The van der Waals surface area contributed by atoms with E-state index in [1.54, 1.807) is 0 Å². The molecule has 16 heavy (non-hydrogen) atoms. The van der Waals surface area contributed by atoms with Gasteiger partial charge in [0.25, 0.3) is 5.91 Å². The number of carbonyl (C=O) groups excluding carboxylic acids is 1. The van der Waals surface area contributed by atoms with Crippen molar-refractivity contribution in [3.05, 3.63) is 17.0 Å². The summed E-state index contributed by atoms with van der Waals surface area (Å²) in [7, 11) is 0. The maximum absolute atomic E-state index is 11.9. The molecule has 2 N–H and O–H groups in total. The quantitative estimate of drug-likeness (QED) is 0.803. The second-order valence-corrected chi connectivity index (χ2v) is 4.11. The topological polar surface area (TPSA) is 67.0 Å². The number of aromatic nitrogens is 2. The van der Waals surface area contributed by atoms with E-state index in [1.165, 1.54) is 0 Å². The van der Waals surface area contributed by atoms with Crippen LogP contribution in [0.1, 0.15) is 42.0 Å². The summed E-state index contributed by atoms with van der Waals surface area (Å²) in [6.45, 7) is 5.19. The molecule has 88 valence electrons. The summed E-state index contributed by atoms with van der Waals surface area (Å²) in [5.41, 5.74) is 2.42. The van der Waals surface area contributed by atoms with E-state index >= 15 is 0 Å². The number of nitrogens with one attached hydrogen (secondary N) is 2. The smallest absolute Gasteiger partial charge is 0.272 e. The standard InChI is InChI=1S/C11H17N3O2/c1-3-7(2)12-11(15)10-8-6-16-5-4-9(8)13-14-10/h7H,3-6H2,1-2H3,(H,12,15)(H,13,14). The molecule has 1 amide bonds. The summed E-state index contributed by atoms with van der Waals surface area (Å²) < 4.78 is 5.34. The molecule has 0 aromatic carbocycles. The minimum atomic E-state index is -0.114. The molecule has 1 unspecified atom stereocenters. The number of H-pyrrole nitrogens is 1. The van der Waals surface area contributed by atoms with Gasteiger partial charge in [0.15, 0.2) is 5.69 Å². The van der Waals surface area contributed by atoms with Gasteiger partial charge in [-0.1, -0.05) is 6.92 Å². The second-order valence-electron chi connectivity index (χ2n) is 4.11.